The van der Waals surface area contributed by atoms with Crippen LogP contribution in [0.4, 0.5) is 0 Å². The molecule has 1 fully saturated rings. The molecule has 7 nitrogen and oxygen atoms in total. The quantitative estimate of drug-likeness (QED) is 0.830. The molecule has 0 saturated carbocycles. The summed E-state index contributed by atoms with van der Waals surface area (Å²) in [5.74, 6) is 0.333. The maximum atomic E-state index is 11.6. The van der Waals surface area contributed by atoms with Gasteiger partial charge in [-0.1, -0.05) is 6.92 Å². The summed E-state index contributed by atoms with van der Waals surface area (Å²) in [6.45, 7) is 4.47. The summed E-state index contributed by atoms with van der Waals surface area (Å²) >= 11 is 0. The highest BCUT2D eigenvalue weighted by molar-refractivity contribution is 6.01. The van der Waals surface area contributed by atoms with E-state index in [2.05, 4.69) is 10.3 Å². The maximum absolute atomic E-state index is 11.6. The molecule has 3 rings (SSSR count). The second-order valence-electron chi connectivity index (χ2n) is 6.14. The molecule has 0 bridgehead atoms. The monoisotopic (exact) mass is 343 g/mol. The first-order valence-electron chi connectivity index (χ1n) is 8.28. The van der Waals surface area contributed by atoms with E-state index in [0.717, 1.165) is 17.2 Å². The number of primary amides is 1. The molecule has 0 aliphatic carbocycles. The second kappa shape index (κ2) is 6.96. The van der Waals surface area contributed by atoms with Crippen LogP contribution in [0.3, 0.4) is 0 Å². The molecule has 7 heteroatoms. The van der Waals surface area contributed by atoms with Crippen LogP contribution in [0.25, 0.3) is 10.8 Å². The van der Waals surface area contributed by atoms with Crippen LogP contribution in [-0.4, -0.2) is 36.1 Å². The fourth-order valence-corrected chi connectivity index (χ4v) is 2.98. The maximum Gasteiger partial charge on any atom is 0.252 e. The Hall–Kier alpha value is -2.83. The predicted molar refractivity (Wildman–Crippen MR) is 92.6 cm³/mol. The van der Waals surface area contributed by atoms with Crippen LogP contribution >= 0.6 is 0 Å². The van der Waals surface area contributed by atoms with Crippen molar-refractivity contribution in [3.63, 3.8) is 0 Å². The zero-order valence-corrected chi connectivity index (χ0v) is 14.2. The van der Waals surface area contributed by atoms with Crippen LogP contribution in [0, 0.1) is 5.92 Å². The number of amides is 2. The van der Waals surface area contributed by atoms with Gasteiger partial charge in [-0.05, 0) is 36.9 Å². The van der Waals surface area contributed by atoms with Gasteiger partial charge in [0.2, 0.25) is 11.8 Å². The highest BCUT2D eigenvalue weighted by Gasteiger charge is 2.28. The van der Waals surface area contributed by atoms with Gasteiger partial charge in [-0.15, -0.1) is 0 Å². The van der Waals surface area contributed by atoms with E-state index in [4.69, 9.17) is 15.2 Å². The minimum atomic E-state index is -0.549. The number of carbonyl (C=O) groups is 2. The first kappa shape index (κ1) is 17.0. The lowest BCUT2D eigenvalue weighted by Crippen LogP contribution is -2.31. The molecule has 25 heavy (non-hydrogen) atoms. The van der Waals surface area contributed by atoms with Crippen molar-refractivity contribution in [3.05, 3.63) is 30.0 Å². The molecule has 2 amide bonds. The number of rotatable bonds is 6. The summed E-state index contributed by atoms with van der Waals surface area (Å²) in [6.07, 6.45) is 2.35. The van der Waals surface area contributed by atoms with Crippen molar-refractivity contribution < 1.29 is 19.1 Å². The average molecular weight is 343 g/mol. The Morgan fingerprint density at radius 1 is 1.40 bits per heavy atom. The van der Waals surface area contributed by atoms with Gasteiger partial charge in [0.25, 0.3) is 5.91 Å². The summed E-state index contributed by atoms with van der Waals surface area (Å²) in [7, 11) is 0. The van der Waals surface area contributed by atoms with E-state index >= 15 is 0 Å². The molecule has 1 saturated heterocycles. The van der Waals surface area contributed by atoms with Crippen molar-refractivity contribution in [2.45, 2.75) is 26.3 Å². The highest BCUT2D eigenvalue weighted by atomic mass is 16.5. The van der Waals surface area contributed by atoms with Crippen LogP contribution < -0.4 is 20.5 Å². The number of fused-ring (bicyclic) bond motifs is 1. The molecule has 3 N–H and O–H groups in total. The Morgan fingerprint density at radius 3 is 2.84 bits per heavy atom. The number of pyridine rings is 1. The van der Waals surface area contributed by atoms with Crippen LogP contribution in [0.1, 0.15) is 30.6 Å². The van der Waals surface area contributed by atoms with Gasteiger partial charge >= 0.3 is 0 Å². The second-order valence-corrected chi connectivity index (χ2v) is 6.14. The third kappa shape index (κ3) is 3.50. The molecule has 0 spiro atoms. The lowest BCUT2D eigenvalue weighted by atomic mass is 10.1. The smallest absolute Gasteiger partial charge is 0.252 e. The van der Waals surface area contributed by atoms with Gasteiger partial charge in [-0.25, -0.2) is 4.98 Å². The normalized spacial score (nSPS) is 19.7. The Kier molecular flexibility index (Phi) is 4.74. The Balaban J connectivity index is 1.89. The molecule has 1 aliphatic heterocycles. The van der Waals surface area contributed by atoms with Crippen molar-refractivity contribution in [2.24, 2.45) is 11.7 Å². The van der Waals surface area contributed by atoms with Gasteiger partial charge < -0.3 is 20.5 Å². The molecule has 132 valence electrons. The fourth-order valence-electron chi connectivity index (χ4n) is 2.98. The van der Waals surface area contributed by atoms with Crippen molar-refractivity contribution in [2.75, 3.05) is 13.2 Å². The van der Waals surface area contributed by atoms with E-state index in [9.17, 15) is 9.59 Å². The molecule has 1 aromatic carbocycles. The molecule has 0 unspecified atom stereocenters. The SMILES string of the molecule is CCOc1cc2c(OC[C@@H]3C[C@@H](C)C(=O)N3)nccc2cc1C(N)=O. The van der Waals surface area contributed by atoms with E-state index < -0.39 is 5.91 Å². The number of aromatic nitrogens is 1. The molecule has 2 atom stereocenters. The summed E-state index contributed by atoms with van der Waals surface area (Å²) in [6, 6.07) is 5.15. The first-order valence-corrected chi connectivity index (χ1v) is 8.28. The Bertz CT molecular complexity index is 821. The van der Waals surface area contributed by atoms with Gasteiger partial charge in [0.1, 0.15) is 12.4 Å². The topological polar surface area (TPSA) is 104 Å². The summed E-state index contributed by atoms with van der Waals surface area (Å²) in [5, 5.41) is 4.41. The number of hydrogen-bond acceptors (Lipinski definition) is 5. The van der Waals surface area contributed by atoms with E-state index in [0.29, 0.717) is 30.4 Å². The largest absolute Gasteiger partial charge is 0.493 e. The van der Waals surface area contributed by atoms with Crippen LogP contribution in [0.15, 0.2) is 24.4 Å². The minimum absolute atomic E-state index is 0.00300. The third-order valence-corrected chi connectivity index (χ3v) is 4.25. The van der Waals surface area contributed by atoms with Crippen molar-refractivity contribution in [1.29, 1.82) is 0 Å². The van der Waals surface area contributed by atoms with Crippen LogP contribution in [0.2, 0.25) is 0 Å². The first-order chi connectivity index (χ1) is 12.0. The Labute approximate surface area is 145 Å². The number of ether oxygens (including phenoxy) is 2. The van der Waals surface area contributed by atoms with Crippen LogP contribution in [-0.2, 0) is 4.79 Å². The Morgan fingerprint density at radius 2 is 2.20 bits per heavy atom. The molecule has 2 heterocycles. The van der Waals surface area contributed by atoms with Gasteiger partial charge in [0, 0.05) is 17.5 Å². The van der Waals surface area contributed by atoms with E-state index in [1.54, 1.807) is 24.4 Å². The molecular weight excluding hydrogens is 322 g/mol. The van der Waals surface area contributed by atoms with E-state index in [1.807, 2.05) is 13.8 Å². The van der Waals surface area contributed by atoms with E-state index in [1.165, 1.54) is 0 Å². The molecule has 2 aromatic rings. The zero-order valence-electron chi connectivity index (χ0n) is 14.2. The number of nitrogens with two attached hydrogens (primary N) is 1. The summed E-state index contributed by atoms with van der Waals surface area (Å²) in [5.41, 5.74) is 5.76. The van der Waals surface area contributed by atoms with Gasteiger partial charge in [0.05, 0.1) is 18.2 Å². The fraction of sp³-hybridized carbons (Fsp3) is 0.389. The van der Waals surface area contributed by atoms with Crippen molar-refractivity contribution >= 4 is 22.6 Å². The number of carbonyl (C=O) groups excluding carboxylic acids is 2. The molecule has 1 aliphatic rings. The average Bonchev–Trinajstić information content (AvgIpc) is 2.90. The van der Waals surface area contributed by atoms with E-state index in [-0.39, 0.29) is 17.9 Å². The number of nitrogens with one attached hydrogen (secondary N) is 1. The summed E-state index contributed by atoms with van der Waals surface area (Å²) < 4.78 is 11.4. The minimum Gasteiger partial charge on any atom is -0.493 e. The standard InChI is InChI=1S/C18H21N3O4/c1-3-24-15-8-13-11(7-14(15)16(19)22)4-5-20-18(13)25-9-12-6-10(2)17(23)21-12/h4-5,7-8,10,12H,3,6,9H2,1-2H3,(H2,19,22)(H,21,23)/t10-,12+/m1/s1. The van der Waals surface area contributed by atoms with Gasteiger partial charge in [-0.3, -0.25) is 9.59 Å². The lowest BCUT2D eigenvalue weighted by Gasteiger charge is -2.14. The molecule has 1 aromatic heterocycles. The van der Waals surface area contributed by atoms with Crippen LogP contribution in [0.5, 0.6) is 11.6 Å². The number of hydrogen-bond donors (Lipinski definition) is 2. The highest BCUT2D eigenvalue weighted by Crippen LogP contribution is 2.31. The predicted octanol–water partition coefficient (Wildman–Crippen LogP) is 1.64. The van der Waals surface area contributed by atoms with Crippen molar-refractivity contribution in [3.8, 4) is 11.6 Å². The summed E-state index contributed by atoms with van der Waals surface area (Å²) in [4.78, 5) is 27.5. The molecular formula is C18H21N3O4. The van der Waals surface area contributed by atoms with Gasteiger partial charge in [-0.2, -0.15) is 0 Å². The van der Waals surface area contributed by atoms with Gasteiger partial charge in [0.15, 0.2) is 0 Å². The number of benzene rings is 1. The molecule has 0 radical (unpaired) electrons. The number of nitrogens with zero attached hydrogens (tertiary/aromatic N) is 1. The lowest BCUT2D eigenvalue weighted by molar-refractivity contribution is -0.122. The third-order valence-electron chi connectivity index (χ3n) is 4.25. The van der Waals surface area contributed by atoms with Crippen molar-refractivity contribution in [1.82, 2.24) is 10.3 Å². The zero-order chi connectivity index (χ0) is 18.0.